The van der Waals surface area contributed by atoms with Crippen molar-refractivity contribution in [2.45, 2.75) is 0 Å². The number of thioether (sulfide) groups is 1. The molecule has 0 radical (unpaired) electrons. The molecule has 9 heteroatoms. The van der Waals surface area contributed by atoms with E-state index in [1.54, 1.807) is 30.3 Å². The average molecular weight is 466 g/mol. The molecule has 33 heavy (non-hydrogen) atoms. The number of hydrogen-bond donors (Lipinski definition) is 1. The first-order chi connectivity index (χ1) is 15.9. The zero-order chi connectivity index (χ0) is 23.4. The van der Waals surface area contributed by atoms with Crippen molar-refractivity contribution in [2.24, 2.45) is 4.99 Å². The first-order valence-corrected chi connectivity index (χ1v) is 10.5. The Kier molecular flexibility index (Phi) is 6.50. The van der Waals surface area contributed by atoms with E-state index in [-0.39, 0.29) is 5.91 Å². The number of aliphatic imine (C=N–C) groups is 1. The van der Waals surface area contributed by atoms with Gasteiger partial charge in [0, 0.05) is 0 Å². The summed E-state index contributed by atoms with van der Waals surface area (Å²) < 4.78 is 31.8. The van der Waals surface area contributed by atoms with Crippen molar-refractivity contribution in [3.8, 4) is 5.75 Å². The van der Waals surface area contributed by atoms with Crippen molar-refractivity contribution in [1.29, 1.82) is 0 Å². The highest BCUT2D eigenvalue weighted by molar-refractivity contribution is 8.19. The first-order valence-electron chi connectivity index (χ1n) is 9.67. The Morgan fingerprint density at radius 2 is 1.58 bits per heavy atom. The second kappa shape index (κ2) is 9.66. The molecule has 1 amide bonds. The number of amidine groups is 1. The van der Waals surface area contributed by atoms with E-state index in [2.05, 4.69) is 4.99 Å². The van der Waals surface area contributed by atoms with E-state index in [0.717, 1.165) is 11.8 Å². The lowest BCUT2D eigenvalue weighted by atomic mass is 10.2. The van der Waals surface area contributed by atoms with Gasteiger partial charge >= 0.3 is 5.97 Å². The summed E-state index contributed by atoms with van der Waals surface area (Å²) in [6.45, 7) is -0.454. The maximum atomic E-state index is 13.4. The molecule has 0 saturated carbocycles. The predicted molar refractivity (Wildman–Crippen MR) is 123 cm³/mol. The Morgan fingerprint density at radius 3 is 2.18 bits per heavy atom. The highest BCUT2D eigenvalue weighted by Gasteiger charge is 2.34. The van der Waals surface area contributed by atoms with Gasteiger partial charge in [-0.3, -0.25) is 9.69 Å². The zero-order valence-corrected chi connectivity index (χ0v) is 17.8. The summed E-state index contributed by atoms with van der Waals surface area (Å²) in [6.07, 6.45) is 1.66. The summed E-state index contributed by atoms with van der Waals surface area (Å²) in [4.78, 5) is 30.1. The fourth-order valence-electron chi connectivity index (χ4n) is 2.95. The van der Waals surface area contributed by atoms with Gasteiger partial charge in [-0.25, -0.2) is 18.6 Å². The van der Waals surface area contributed by atoms with Crippen molar-refractivity contribution in [1.82, 2.24) is 0 Å². The molecule has 0 spiro atoms. The van der Waals surface area contributed by atoms with Crippen LogP contribution >= 0.6 is 11.8 Å². The number of nitrogens with zero attached hydrogens (tertiary/aromatic N) is 2. The van der Waals surface area contributed by atoms with Crippen LogP contribution in [0.2, 0.25) is 0 Å². The fraction of sp³-hybridized carbons (Fsp3) is 0.0417. The lowest BCUT2D eigenvalue weighted by Crippen LogP contribution is -2.28. The van der Waals surface area contributed by atoms with Crippen LogP contribution in [0.1, 0.15) is 5.56 Å². The van der Waals surface area contributed by atoms with Crippen molar-refractivity contribution in [3.05, 3.63) is 94.9 Å². The average Bonchev–Trinajstić information content (AvgIpc) is 3.10. The molecule has 1 aliphatic rings. The van der Waals surface area contributed by atoms with Crippen LogP contribution in [-0.4, -0.2) is 28.8 Å². The number of benzene rings is 3. The zero-order valence-electron chi connectivity index (χ0n) is 16.9. The summed E-state index contributed by atoms with van der Waals surface area (Å²) in [5, 5.41) is 9.04. The number of amides is 1. The quantitative estimate of drug-likeness (QED) is 0.503. The second-order valence-electron chi connectivity index (χ2n) is 6.85. The standard InChI is InChI=1S/C24H16F2N2O4S/c25-16-3-7-18(8-4-16)27-24-28(19-9-5-17(26)6-10-19)23(31)21(33-24)13-15-1-11-20(12-2-15)32-14-22(29)30/h1-13H,14H2,(H,29,30)/b21-13-,27-24?. The molecular weight excluding hydrogens is 450 g/mol. The maximum Gasteiger partial charge on any atom is 0.341 e. The molecule has 4 rings (SSSR count). The van der Waals surface area contributed by atoms with Gasteiger partial charge in [-0.2, -0.15) is 0 Å². The van der Waals surface area contributed by atoms with Crippen LogP contribution in [0.5, 0.6) is 5.75 Å². The molecule has 6 nitrogen and oxygen atoms in total. The number of anilines is 1. The summed E-state index contributed by atoms with van der Waals surface area (Å²) >= 11 is 1.13. The van der Waals surface area contributed by atoms with E-state index in [1.165, 1.54) is 53.4 Å². The Hall–Kier alpha value is -3.98. The van der Waals surface area contributed by atoms with Crippen molar-refractivity contribution in [2.75, 3.05) is 11.5 Å². The molecule has 0 atom stereocenters. The molecule has 1 aliphatic heterocycles. The van der Waals surface area contributed by atoms with E-state index in [4.69, 9.17) is 9.84 Å². The summed E-state index contributed by atoms with van der Waals surface area (Å²) in [7, 11) is 0. The molecule has 3 aromatic rings. The van der Waals surface area contributed by atoms with Crippen molar-refractivity contribution >= 4 is 46.3 Å². The molecule has 3 aromatic carbocycles. The molecule has 0 aliphatic carbocycles. The summed E-state index contributed by atoms with van der Waals surface area (Å²) in [6, 6.07) is 17.6. The maximum absolute atomic E-state index is 13.4. The Morgan fingerprint density at radius 1 is 0.970 bits per heavy atom. The van der Waals surface area contributed by atoms with E-state index >= 15 is 0 Å². The van der Waals surface area contributed by atoms with Gasteiger partial charge < -0.3 is 9.84 Å². The van der Waals surface area contributed by atoms with Gasteiger partial charge in [-0.1, -0.05) is 12.1 Å². The van der Waals surface area contributed by atoms with Crippen LogP contribution in [0, 0.1) is 11.6 Å². The smallest absolute Gasteiger partial charge is 0.341 e. The third-order valence-electron chi connectivity index (χ3n) is 4.48. The van der Waals surface area contributed by atoms with E-state index in [1.807, 2.05) is 0 Å². The number of aliphatic carboxylic acids is 1. The molecule has 1 fully saturated rings. The van der Waals surface area contributed by atoms with Gasteiger partial charge in [-0.15, -0.1) is 0 Å². The predicted octanol–water partition coefficient (Wildman–Crippen LogP) is 5.24. The van der Waals surface area contributed by atoms with Gasteiger partial charge in [0.2, 0.25) is 0 Å². The van der Waals surface area contributed by atoms with Crippen LogP contribution in [0.3, 0.4) is 0 Å². The third-order valence-corrected chi connectivity index (χ3v) is 5.45. The highest BCUT2D eigenvalue weighted by atomic mass is 32.2. The van der Waals surface area contributed by atoms with Crippen LogP contribution in [0.15, 0.2) is 82.7 Å². The van der Waals surface area contributed by atoms with E-state index < -0.39 is 24.2 Å². The first kappa shape index (κ1) is 22.2. The minimum Gasteiger partial charge on any atom is -0.482 e. The van der Waals surface area contributed by atoms with Gasteiger partial charge in [0.25, 0.3) is 5.91 Å². The Bertz CT molecular complexity index is 1240. The van der Waals surface area contributed by atoms with Gasteiger partial charge in [0.15, 0.2) is 11.8 Å². The SMILES string of the molecule is O=C(O)COc1ccc(/C=C2\SC(=Nc3ccc(F)cc3)N(c3ccc(F)cc3)C2=O)cc1. The van der Waals surface area contributed by atoms with Crippen LogP contribution in [-0.2, 0) is 9.59 Å². The Labute approximate surface area is 191 Å². The number of rotatable bonds is 6. The summed E-state index contributed by atoms with van der Waals surface area (Å²) in [5.74, 6) is -1.88. The second-order valence-corrected chi connectivity index (χ2v) is 7.86. The van der Waals surface area contributed by atoms with Crippen LogP contribution in [0.25, 0.3) is 6.08 Å². The molecule has 166 valence electrons. The highest BCUT2D eigenvalue weighted by Crippen LogP contribution is 2.37. The normalized spacial score (nSPS) is 15.9. The van der Waals surface area contributed by atoms with Crippen molar-refractivity contribution in [3.63, 3.8) is 0 Å². The van der Waals surface area contributed by atoms with Gasteiger partial charge in [0.1, 0.15) is 17.4 Å². The molecule has 0 aromatic heterocycles. The van der Waals surface area contributed by atoms with Gasteiger partial charge in [-0.05, 0) is 84.1 Å². The summed E-state index contributed by atoms with van der Waals surface area (Å²) in [5.41, 5.74) is 1.59. The van der Waals surface area contributed by atoms with Crippen LogP contribution in [0.4, 0.5) is 20.2 Å². The number of ether oxygens (including phenoxy) is 1. The van der Waals surface area contributed by atoms with E-state index in [9.17, 15) is 18.4 Å². The lowest BCUT2D eigenvalue weighted by Gasteiger charge is -2.15. The Balaban J connectivity index is 1.65. The van der Waals surface area contributed by atoms with Crippen molar-refractivity contribution < 1.29 is 28.2 Å². The number of hydrogen-bond acceptors (Lipinski definition) is 5. The monoisotopic (exact) mass is 466 g/mol. The van der Waals surface area contributed by atoms with E-state index in [0.29, 0.717) is 32.8 Å². The molecule has 0 unspecified atom stereocenters. The molecule has 1 heterocycles. The minimum atomic E-state index is -1.08. The number of carboxylic acids is 1. The largest absolute Gasteiger partial charge is 0.482 e. The van der Waals surface area contributed by atoms with Crippen LogP contribution < -0.4 is 9.64 Å². The topological polar surface area (TPSA) is 79.2 Å². The number of carbonyl (C=O) groups is 2. The third kappa shape index (κ3) is 5.45. The minimum absolute atomic E-state index is 0.339. The molecular formula is C24H16F2N2O4S. The number of carbonyl (C=O) groups excluding carboxylic acids is 1. The fourth-order valence-corrected chi connectivity index (χ4v) is 3.95. The lowest BCUT2D eigenvalue weighted by molar-refractivity contribution is -0.139. The molecule has 1 N–H and O–H groups in total. The molecule has 0 bridgehead atoms. The number of halogens is 2. The number of carboxylic acid groups (broad SMARTS) is 1. The van der Waals surface area contributed by atoms with Gasteiger partial charge in [0.05, 0.1) is 16.3 Å². The molecule has 1 saturated heterocycles.